The summed E-state index contributed by atoms with van der Waals surface area (Å²) in [5.74, 6) is 1.47. The lowest BCUT2D eigenvalue weighted by atomic mass is 10.1. The summed E-state index contributed by atoms with van der Waals surface area (Å²) in [7, 11) is 1.64. The Morgan fingerprint density at radius 3 is 2.60 bits per heavy atom. The third-order valence-corrected chi connectivity index (χ3v) is 3.72. The number of hydrogen-bond acceptors (Lipinski definition) is 5. The number of methoxy groups -OCH3 is 1. The summed E-state index contributed by atoms with van der Waals surface area (Å²) >= 11 is 0. The molecule has 0 bridgehead atoms. The monoisotopic (exact) mass is 279 g/mol. The molecule has 1 aliphatic rings. The Labute approximate surface area is 120 Å². The molecule has 1 aliphatic heterocycles. The highest BCUT2D eigenvalue weighted by Gasteiger charge is 2.13. The molecule has 112 valence electrons. The number of rotatable bonds is 6. The molecule has 1 aromatic rings. The van der Waals surface area contributed by atoms with Crippen molar-refractivity contribution in [2.24, 2.45) is 11.5 Å². The molecule has 1 atom stereocenters. The summed E-state index contributed by atoms with van der Waals surface area (Å²) in [5.41, 5.74) is 12.5. The van der Waals surface area contributed by atoms with Crippen LogP contribution < -0.4 is 20.9 Å². The third kappa shape index (κ3) is 3.85. The van der Waals surface area contributed by atoms with Crippen LogP contribution >= 0.6 is 0 Å². The van der Waals surface area contributed by atoms with E-state index in [2.05, 4.69) is 4.90 Å². The summed E-state index contributed by atoms with van der Waals surface area (Å²) in [5, 5.41) is 0. The van der Waals surface area contributed by atoms with Crippen LogP contribution in [0.3, 0.4) is 0 Å². The van der Waals surface area contributed by atoms with Crippen LogP contribution in [0.15, 0.2) is 18.2 Å². The van der Waals surface area contributed by atoms with Crippen LogP contribution in [-0.2, 0) is 0 Å². The van der Waals surface area contributed by atoms with Crippen LogP contribution in [0.2, 0.25) is 0 Å². The molecule has 4 N–H and O–H groups in total. The molecule has 0 aliphatic carbocycles. The largest absolute Gasteiger partial charge is 0.493 e. The summed E-state index contributed by atoms with van der Waals surface area (Å²) in [6.07, 6.45) is 3.83. The summed E-state index contributed by atoms with van der Waals surface area (Å²) in [4.78, 5) is 2.32. The summed E-state index contributed by atoms with van der Waals surface area (Å²) in [6, 6.07) is 5.60. The second-order valence-electron chi connectivity index (χ2n) is 5.20. The minimum atomic E-state index is -0.167. The molecule has 1 saturated heterocycles. The highest BCUT2D eigenvalue weighted by atomic mass is 16.5. The van der Waals surface area contributed by atoms with Crippen LogP contribution in [0.1, 0.15) is 30.9 Å². The standard InChI is InChI=1S/C15H25N3O2/c1-19-15-9-12(13(17)10-16)5-6-14(15)20-11-18-7-3-2-4-8-18/h5-6,9,13H,2-4,7-8,10-11,16-17H2,1H3. The zero-order valence-electron chi connectivity index (χ0n) is 12.2. The van der Waals surface area contributed by atoms with Crippen molar-refractivity contribution in [2.45, 2.75) is 25.3 Å². The van der Waals surface area contributed by atoms with Gasteiger partial charge in [0.1, 0.15) is 6.73 Å². The Hall–Kier alpha value is -1.30. The molecule has 2 rings (SSSR count). The average Bonchev–Trinajstić information content (AvgIpc) is 2.53. The number of nitrogens with zero attached hydrogens (tertiary/aromatic N) is 1. The first-order valence-electron chi connectivity index (χ1n) is 7.23. The molecule has 0 spiro atoms. The summed E-state index contributed by atoms with van der Waals surface area (Å²) < 4.78 is 11.2. The van der Waals surface area contributed by atoms with Crippen molar-refractivity contribution in [3.63, 3.8) is 0 Å². The Balaban J connectivity index is 1.99. The van der Waals surface area contributed by atoms with Gasteiger partial charge in [-0.05, 0) is 30.5 Å². The van der Waals surface area contributed by atoms with Gasteiger partial charge < -0.3 is 20.9 Å². The van der Waals surface area contributed by atoms with E-state index in [4.69, 9.17) is 20.9 Å². The number of benzene rings is 1. The van der Waals surface area contributed by atoms with Crippen molar-refractivity contribution in [1.82, 2.24) is 4.90 Å². The number of ether oxygens (including phenoxy) is 2. The second kappa shape index (κ2) is 7.47. The topological polar surface area (TPSA) is 73.7 Å². The van der Waals surface area contributed by atoms with E-state index in [0.717, 1.165) is 24.4 Å². The van der Waals surface area contributed by atoms with Crippen molar-refractivity contribution >= 4 is 0 Å². The van der Waals surface area contributed by atoms with Crippen molar-refractivity contribution < 1.29 is 9.47 Å². The Morgan fingerprint density at radius 2 is 1.95 bits per heavy atom. The molecule has 1 unspecified atom stereocenters. The van der Waals surface area contributed by atoms with Gasteiger partial charge in [0.25, 0.3) is 0 Å². The molecule has 0 aromatic heterocycles. The zero-order valence-corrected chi connectivity index (χ0v) is 12.2. The van der Waals surface area contributed by atoms with Crippen LogP contribution in [0.4, 0.5) is 0 Å². The molecule has 0 saturated carbocycles. The number of likely N-dealkylation sites (tertiary alicyclic amines) is 1. The van der Waals surface area contributed by atoms with E-state index in [0.29, 0.717) is 19.0 Å². The lowest BCUT2D eigenvalue weighted by Crippen LogP contribution is -2.33. The van der Waals surface area contributed by atoms with Gasteiger partial charge in [-0.2, -0.15) is 0 Å². The van der Waals surface area contributed by atoms with E-state index in [1.807, 2.05) is 18.2 Å². The zero-order chi connectivity index (χ0) is 14.4. The SMILES string of the molecule is COc1cc(C(N)CN)ccc1OCN1CCCCC1. The van der Waals surface area contributed by atoms with Crippen molar-refractivity contribution in [1.29, 1.82) is 0 Å². The Kier molecular flexibility index (Phi) is 5.64. The van der Waals surface area contributed by atoms with Gasteiger partial charge >= 0.3 is 0 Å². The first-order chi connectivity index (χ1) is 9.74. The van der Waals surface area contributed by atoms with Gasteiger partial charge in [-0.3, -0.25) is 4.90 Å². The van der Waals surface area contributed by atoms with Crippen LogP contribution in [0.5, 0.6) is 11.5 Å². The fourth-order valence-electron chi connectivity index (χ4n) is 2.42. The fraction of sp³-hybridized carbons (Fsp3) is 0.600. The second-order valence-corrected chi connectivity index (χ2v) is 5.20. The maximum atomic E-state index is 5.93. The van der Waals surface area contributed by atoms with Crippen LogP contribution in [-0.4, -0.2) is 38.4 Å². The van der Waals surface area contributed by atoms with E-state index in [-0.39, 0.29) is 6.04 Å². The molecular weight excluding hydrogens is 254 g/mol. The van der Waals surface area contributed by atoms with E-state index in [9.17, 15) is 0 Å². The van der Waals surface area contributed by atoms with Gasteiger partial charge in [0.05, 0.1) is 7.11 Å². The molecule has 1 aromatic carbocycles. The van der Waals surface area contributed by atoms with E-state index in [1.54, 1.807) is 7.11 Å². The number of piperidine rings is 1. The molecule has 5 heteroatoms. The van der Waals surface area contributed by atoms with Crippen LogP contribution in [0.25, 0.3) is 0 Å². The molecule has 0 radical (unpaired) electrons. The first kappa shape index (κ1) is 15.1. The smallest absolute Gasteiger partial charge is 0.163 e. The van der Waals surface area contributed by atoms with Gasteiger partial charge in [-0.1, -0.05) is 12.5 Å². The maximum absolute atomic E-state index is 5.93. The highest BCUT2D eigenvalue weighted by Crippen LogP contribution is 2.30. The summed E-state index contributed by atoms with van der Waals surface area (Å²) in [6.45, 7) is 3.24. The normalized spacial score (nSPS) is 17.8. The van der Waals surface area contributed by atoms with Crippen molar-refractivity contribution in [3.05, 3.63) is 23.8 Å². The highest BCUT2D eigenvalue weighted by molar-refractivity contribution is 5.43. The molecular formula is C15H25N3O2. The predicted octanol–water partition coefficient (Wildman–Crippen LogP) is 1.48. The number of nitrogens with two attached hydrogens (primary N) is 2. The number of hydrogen-bond donors (Lipinski definition) is 2. The lowest BCUT2D eigenvalue weighted by Gasteiger charge is -2.26. The third-order valence-electron chi connectivity index (χ3n) is 3.72. The minimum Gasteiger partial charge on any atom is -0.493 e. The van der Waals surface area contributed by atoms with E-state index >= 15 is 0 Å². The lowest BCUT2D eigenvalue weighted by molar-refractivity contribution is 0.104. The molecule has 5 nitrogen and oxygen atoms in total. The maximum Gasteiger partial charge on any atom is 0.163 e. The fourth-order valence-corrected chi connectivity index (χ4v) is 2.42. The van der Waals surface area contributed by atoms with Gasteiger partial charge in [0, 0.05) is 25.7 Å². The van der Waals surface area contributed by atoms with Crippen molar-refractivity contribution in [2.75, 3.05) is 33.5 Å². The Morgan fingerprint density at radius 1 is 1.20 bits per heavy atom. The van der Waals surface area contributed by atoms with E-state index < -0.39 is 0 Å². The predicted molar refractivity (Wildman–Crippen MR) is 79.9 cm³/mol. The Bertz CT molecular complexity index is 420. The first-order valence-corrected chi connectivity index (χ1v) is 7.23. The minimum absolute atomic E-state index is 0.167. The van der Waals surface area contributed by atoms with Gasteiger partial charge in [0.15, 0.2) is 11.5 Å². The van der Waals surface area contributed by atoms with Gasteiger partial charge in [-0.25, -0.2) is 0 Å². The molecule has 1 fully saturated rings. The molecule has 1 heterocycles. The van der Waals surface area contributed by atoms with Crippen LogP contribution in [0, 0.1) is 0 Å². The van der Waals surface area contributed by atoms with Gasteiger partial charge in [-0.15, -0.1) is 0 Å². The average molecular weight is 279 g/mol. The van der Waals surface area contributed by atoms with Gasteiger partial charge in [0.2, 0.25) is 0 Å². The quantitative estimate of drug-likeness (QED) is 0.825. The van der Waals surface area contributed by atoms with E-state index in [1.165, 1.54) is 19.3 Å². The van der Waals surface area contributed by atoms with Crippen molar-refractivity contribution in [3.8, 4) is 11.5 Å². The molecule has 20 heavy (non-hydrogen) atoms. The molecule has 0 amide bonds.